The summed E-state index contributed by atoms with van der Waals surface area (Å²) in [6.07, 6.45) is 31.1. The lowest BCUT2D eigenvalue weighted by Crippen LogP contribution is -1.98. The van der Waals surface area contributed by atoms with E-state index in [-0.39, 0.29) is 5.78 Å². The van der Waals surface area contributed by atoms with Gasteiger partial charge in [0.2, 0.25) is 0 Å². The lowest BCUT2D eigenvalue weighted by Gasteiger charge is -2.08. The molecular weight excluding hydrogens is 532 g/mol. The third kappa shape index (κ3) is 17.8. The van der Waals surface area contributed by atoms with Crippen molar-refractivity contribution in [2.75, 3.05) is 12.4 Å². The van der Waals surface area contributed by atoms with Crippen LogP contribution < -0.4 is 4.74 Å². The lowest BCUT2D eigenvalue weighted by molar-refractivity contribution is 0.104. The molecule has 3 heteroatoms. The van der Waals surface area contributed by atoms with E-state index >= 15 is 0 Å². The zero-order valence-electron chi connectivity index (χ0n) is 27.1. The number of hydrogen-bond donors (Lipinski definition) is 0. The van der Waals surface area contributed by atoms with Gasteiger partial charge in [0, 0.05) is 16.0 Å². The molecule has 0 aliphatic carbocycles. The maximum Gasteiger partial charge on any atom is 0.185 e. The number of allylic oxidation sites excluding steroid dienone is 1. The van der Waals surface area contributed by atoms with E-state index in [2.05, 4.69) is 26.0 Å². The van der Waals surface area contributed by atoms with Crippen molar-refractivity contribution >= 4 is 23.6 Å². The van der Waals surface area contributed by atoms with Crippen molar-refractivity contribution < 1.29 is 9.53 Å². The zero-order chi connectivity index (χ0) is 29.9. The first-order valence-electron chi connectivity index (χ1n) is 17.4. The highest BCUT2D eigenvalue weighted by Gasteiger charge is 2.05. The molecule has 0 saturated carbocycles. The molecule has 0 N–H and O–H groups in total. The van der Waals surface area contributed by atoms with Gasteiger partial charge in [0.1, 0.15) is 5.75 Å². The molecule has 0 aliphatic heterocycles. The molecule has 0 fully saturated rings. The molecule has 0 saturated heterocycles. The van der Waals surface area contributed by atoms with Crippen molar-refractivity contribution in [2.45, 2.75) is 147 Å². The summed E-state index contributed by atoms with van der Waals surface area (Å²) < 4.78 is 5.88. The van der Waals surface area contributed by atoms with E-state index in [0.29, 0.717) is 6.61 Å². The number of carbonyl (C=O) groups is 1. The zero-order valence-corrected chi connectivity index (χ0v) is 27.9. The second-order valence-electron chi connectivity index (χ2n) is 11.8. The van der Waals surface area contributed by atoms with E-state index in [1.807, 2.05) is 54.2 Å². The van der Waals surface area contributed by atoms with Crippen LogP contribution in [0.25, 0.3) is 6.08 Å². The molecule has 2 aromatic carbocycles. The summed E-state index contributed by atoms with van der Waals surface area (Å²) in [6.45, 7) is 5.15. The SMILES string of the molecule is CCCCCCCCCCCCCCCCCCCCSc1ccc(C(=O)C=Cc2ccccc2OCCCC)cc1. The number of ether oxygens (including phenoxy) is 1. The molecule has 0 aromatic heterocycles. The van der Waals surface area contributed by atoms with Crippen LogP contribution in [0.1, 0.15) is 158 Å². The normalized spacial score (nSPS) is 11.4. The standard InChI is InChI=1S/C39H60O2S/c1-3-5-7-8-9-10-11-12-13-14-15-16-17-18-19-20-21-24-34-42-37-30-27-35(28-31-37)38(40)32-29-36-25-22-23-26-39(36)41-33-6-4-2/h22-23,25-32H,3-21,24,33-34H2,1-2H3. The van der Waals surface area contributed by atoms with Crippen LogP contribution in [0.3, 0.4) is 0 Å². The van der Waals surface area contributed by atoms with E-state index < -0.39 is 0 Å². The predicted molar refractivity (Wildman–Crippen MR) is 186 cm³/mol. The van der Waals surface area contributed by atoms with Gasteiger partial charge in [-0.05, 0) is 61.1 Å². The van der Waals surface area contributed by atoms with Gasteiger partial charge in [0.25, 0.3) is 0 Å². The highest BCUT2D eigenvalue weighted by Crippen LogP contribution is 2.23. The molecule has 2 rings (SSSR count). The first-order chi connectivity index (χ1) is 20.7. The number of unbranched alkanes of at least 4 members (excludes halogenated alkanes) is 18. The summed E-state index contributed by atoms with van der Waals surface area (Å²) in [5.41, 5.74) is 1.67. The molecule has 234 valence electrons. The molecule has 0 bridgehead atoms. The van der Waals surface area contributed by atoms with Gasteiger partial charge in [-0.15, -0.1) is 11.8 Å². The van der Waals surface area contributed by atoms with E-state index in [4.69, 9.17) is 4.74 Å². The fourth-order valence-electron chi connectivity index (χ4n) is 5.25. The third-order valence-corrected chi connectivity index (χ3v) is 9.09. The summed E-state index contributed by atoms with van der Waals surface area (Å²) in [5, 5.41) is 0. The second-order valence-corrected chi connectivity index (χ2v) is 13.0. The Balaban J connectivity index is 1.46. The van der Waals surface area contributed by atoms with Crippen LogP contribution in [-0.2, 0) is 0 Å². The average molecular weight is 593 g/mol. The molecule has 0 amide bonds. The number of para-hydroxylation sites is 1. The Kier molecular flexibility index (Phi) is 22.0. The second kappa shape index (κ2) is 25.5. The van der Waals surface area contributed by atoms with Crippen LogP contribution >= 0.6 is 11.8 Å². The maximum absolute atomic E-state index is 12.7. The predicted octanol–water partition coefficient (Wildman–Crippen LogP) is 12.9. The van der Waals surface area contributed by atoms with Gasteiger partial charge in [-0.2, -0.15) is 0 Å². The van der Waals surface area contributed by atoms with Crippen LogP contribution in [0, 0.1) is 0 Å². The van der Waals surface area contributed by atoms with Gasteiger partial charge in [-0.25, -0.2) is 0 Å². The van der Waals surface area contributed by atoms with Crippen molar-refractivity contribution in [3.05, 3.63) is 65.7 Å². The highest BCUT2D eigenvalue weighted by atomic mass is 32.2. The third-order valence-electron chi connectivity index (χ3n) is 7.99. The number of rotatable bonds is 27. The van der Waals surface area contributed by atoms with Crippen LogP contribution in [-0.4, -0.2) is 18.1 Å². The monoisotopic (exact) mass is 592 g/mol. The van der Waals surface area contributed by atoms with Gasteiger partial charge in [-0.3, -0.25) is 4.79 Å². The average Bonchev–Trinajstić information content (AvgIpc) is 3.02. The maximum atomic E-state index is 12.7. The fraction of sp³-hybridized carbons (Fsp3) is 0.615. The minimum Gasteiger partial charge on any atom is -0.493 e. The van der Waals surface area contributed by atoms with Gasteiger partial charge >= 0.3 is 0 Å². The van der Waals surface area contributed by atoms with E-state index in [0.717, 1.165) is 35.5 Å². The number of hydrogen-bond acceptors (Lipinski definition) is 3. The van der Waals surface area contributed by atoms with Crippen molar-refractivity contribution in [2.24, 2.45) is 0 Å². The molecule has 0 unspecified atom stereocenters. The van der Waals surface area contributed by atoms with E-state index in [9.17, 15) is 4.79 Å². The van der Waals surface area contributed by atoms with Gasteiger partial charge in [-0.1, -0.05) is 148 Å². The van der Waals surface area contributed by atoms with Crippen LogP contribution in [0.4, 0.5) is 0 Å². The smallest absolute Gasteiger partial charge is 0.185 e. The van der Waals surface area contributed by atoms with Crippen molar-refractivity contribution in [1.82, 2.24) is 0 Å². The Labute approximate surface area is 263 Å². The minimum absolute atomic E-state index is 0.0263. The summed E-state index contributed by atoms with van der Waals surface area (Å²) in [7, 11) is 0. The minimum atomic E-state index is 0.0263. The Morgan fingerprint density at radius 2 is 1.12 bits per heavy atom. The topological polar surface area (TPSA) is 26.3 Å². The van der Waals surface area contributed by atoms with Crippen LogP contribution in [0.5, 0.6) is 5.75 Å². The summed E-state index contributed by atoms with van der Waals surface area (Å²) in [6, 6.07) is 16.0. The molecule has 0 heterocycles. The number of benzene rings is 2. The molecule has 2 aromatic rings. The van der Waals surface area contributed by atoms with Crippen LogP contribution in [0.15, 0.2) is 59.5 Å². The van der Waals surface area contributed by atoms with Crippen LogP contribution in [0.2, 0.25) is 0 Å². The molecule has 42 heavy (non-hydrogen) atoms. The summed E-state index contributed by atoms with van der Waals surface area (Å²) in [5.74, 6) is 2.01. The Morgan fingerprint density at radius 3 is 1.67 bits per heavy atom. The molecule has 0 aliphatic rings. The Hall–Kier alpha value is -2.00. The number of carbonyl (C=O) groups excluding carboxylic acids is 1. The first-order valence-corrected chi connectivity index (χ1v) is 18.4. The van der Waals surface area contributed by atoms with E-state index in [1.54, 1.807) is 6.08 Å². The highest BCUT2D eigenvalue weighted by molar-refractivity contribution is 7.99. The summed E-state index contributed by atoms with van der Waals surface area (Å²) >= 11 is 1.90. The van der Waals surface area contributed by atoms with Gasteiger partial charge in [0.15, 0.2) is 5.78 Å². The largest absolute Gasteiger partial charge is 0.493 e. The molecule has 0 atom stereocenters. The molecule has 0 spiro atoms. The van der Waals surface area contributed by atoms with E-state index in [1.165, 1.54) is 120 Å². The van der Waals surface area contributed by atoms with Gasteiger partial charge in [0.05, 0.1) is 6.61 Å². The van der Waals surface area contributed by atoms with Crippen molar-refractivity contribution in [3.63, 3.8) is 0 Å². The Bertz CT molecular complexity index is 949. The number of ketones is 1. The quantitative estimate of drug-likeness (QED) is 0.0447. The lowest BCUT2D eigenvalue weighted by atomic mass is 10.0. The molecular formula is C39H60O2S. The number of thioether (sulfide) groups is 1. The summed E-state index contributed by atoms with van der Waals surface area (Å²) in [4.78, 5) is 14.0. The van der Waals surface area contributed by atoms with Crippen molar-refractivity contribution in [1.29, 1.82) is 0 Å². The van der Waals surface area contributed by atoms with Crippen molar-refractivity contribution in [3.8, 4) is 5.75 Å². The molecule has 0 radical (unpaired) electrons. The fourth-order valence-corrected chi connectivity index (χ4v) is 6.16. The Morgan fingerprint density at radius 1 is 0.619 bits per heavy atom. The first kappa shape index (κ1) is 36.2. The van der Waals surface area contributed by atoms with Gasteiger partial charge < -0.3 is 4.74 Å². The molecule has 2 nitrogen and oxygen atoms in total.